The van der Waals surface area contributed by atoms with Gasteiger partial charge >= 0.3 is 0 Å². The van der Waals surface area contributed by atoms with Crippen molar-refractivity contribution in [2.24, 2.45) is 5.92 Å². The molecule has 3 heterocycles. The van der Waals surface area contributed by atoms with E-state index in [2.05, 4.69) is 52.4 Å². The van der Waals surface area contributed by atoms with Crippen LogP contribution in [-0.4, -0.2) is 67.4 Å². The first kappa shape index (κ1) is 20.1. The number of benzene rings is 1. The summed E-state index contributed by atoms with van der Waals surface area (Å²) in [6.07, 6.45) is 3.58. The Kier molecular flexibility index (Phi) is 6.96. The second-order valence-corrected chi connectivity index (χ2v) is 8.20. The molecule has 4 rings (SSSR count). The number of hydrogen-bond acceptors (Lipinski definition) is 6. The summed E-state index contributed by atoms with van der Waals surface area (Å²) in [6, 6.07) is 12.9. The van der Waals surface area contributed by atoms with E-state index in [0.29, 0.717) is 0 Å². The molecule has 156 valence electrons. The zero-order valence-corrected chi connectivity index (χ0v) is 17.5. The largest absolute Gasteiger partial charge is 0.379 e. The topological polar surface area (TPSA) is 53.5 Å². The van der Waals surface area contributed by atoms with Crippen LogP contribution in [0.25, 0.3) is 0 Å². The Morgan fingerprint density at radius 1 is 1.03 bits per heavy atom. The summed E-state index contributed by atoms with van der Waals surface area (Å²) in [7, 11) is 0. The number of hydrogen-bond donors (Lipinski definition) is 1. The Morgan fingerprint density at radius 3 is 2.55 bits per heavy atom. The predicted molar refractivity (Wildman–Crippen MR) is 118 cm³/mol. The van der Waals surface area contributed by atoms with Crippen molar-refractivity contribution in [1.29, 1.82) is 0 Å². The average Bonchev–Trinajstić information content (AvgIpc) is 2.75. The molecule has 0 bridgehead atoms. The van der Waals surface area contributed by atoms with Crippen molar-refractivity contribution in [2.45, 2.75) is 26.2 Å². The lowest BCUT2D eigenvalue weighted by Crippen LogP contribution is -2.39. The lowest BCUT2D eigenvalue weighted by molar-refractivity contribution is 0.0398. The van der Waals surface area contributed by atoms with Crippen molar-refractivity contribution >= 4 is 11.8 Å². The molecule has 1 aromatic heterocycles. The maximum atomic E-state index is 5.42. The van der Waals surface area contributed by atoms with Gasteiger partial charge in [-0.3, -0.25) is 4.90 Å². The van der Waals surface area contributed by atoms with Crippen LogP contribution < -0.4 is 10.2 Å². The smallest absolute Gasteiger partial charge is 0.227 e. The SMILES string of the molecule is Cc1cc(NCCN2CCOCC2)nc(N2CCC(Cc3ccccc3)CC2)n1. The average molecular weight is 396 g/mol. The second-order valence-electron chi connectivity index (χ2n) is 8.20. The van der Waals surface area contributed by atoms with Crippen molar-refractivity contribution in [3.05, 3.63) is 47.7 Å². The van der Waals surface area contributed by atoms with Gasteiger partial charge in [-0.25, -0.2) is 4.98 Å². The Morgan fingerprint density at radius 2 is 1.79 bits per heavy atom. The van der Waals surface area contributed by atoms with E-state index in [1.54, 1.807) is 0 Å². The van der Waals surface area contributed by atoms with E-state index < -0.39 is 0 Å². The number of rotatable bonds is 7. The van der Waals surface area contributed by atoms with Crippen LogP contribution in [0.3, 0.4) is 0 Å². The highest BCUT2D eigenvalue weighted by molar-refractivity contribution is 5.44. The summed E-state index contributed by atoms with van der Waals surface area (Å²) in [6.45, 7) is 9.78. The van der Waals surface area contributed by atoms with Gasteiger partial charge < -0.3 is 15.0 Å². The molecule has 1 aromatic carbocycles. The molecule has 2 saturated heterocycles. The van der Waals surface area contributed by atoms with Crippen LogP contribution in [0.2, 0.25) is 0 Å². The molecule has 29 heavy (non-hydrogen) atoms. The Labute approximate surface area is 174 Å². The first-order chi connectivity index (χ1) is 14.3. The number of aromatic nitrogens is 2. The summed E-state index contributed by atoms with van der Waals surface area (Å²) in [4.78, 5) is 14.3. The van der Waals surface area contributed by atoms with Crippen LogP contribution in [0.15, 0.2) is 36.4 Å². The van der Waals surface area contributed by atoms with Gasteiger partial charge in [-0.05, 0) is 37.7 Å². The van der Waals surface area contributed by atoms with E-state index in [-0.39, 0.29) is 0 Å². The van der Waals surface area contributed by atoms with Gasteiger partial charge in [0.1, 0.15) is 5.82 Å². The van der Waals surface area contributed by atoms with Crippen LogP contribution in [0.4, 0.5) is 11.8 Å². The fraction of sp³-hybridized carbons (Fsp3) is 0.565. The number of aryl methyl sites for hydroxylation is 1. The molecule has 0 saturated carbocycles. The lowest BCUT2D eigenvalue weighted by atomic mass is 9.90. The maximum Gasteiger partial charge on any atom is 0.227 e. The Bertz CT molecular complexity index is 755. The van der Waals surface area contributed by atoms with Crippen LogP contribution in [0.5, 0.6) is 0 Å². The number of nitrogens with one attached hydrogen (secondary N) is 1. The lowest BCUT2D eigenvalue weighted by Gasteiger charge is -2.32. The summed E-state index contributed by atoms with van der Waals surface area (Å²) in [5.74, 6) is 2.56. The monoisotopic (exact) mass is 395 g/mol. The van der Waals surface area contributed by atoms with Gasteiger partial charge in [-0.1, -0.05) is 30.3 Å². The van der Waals surface area contributed by atoms with Crippen molar-refractivity contribution in [2.75, 3.05) is 62.7 Å². The summed E-state index contributed by atoms with van der Waals surface area (Å²) in [5.41, 5.74) is 2.47. The molecule has 6 heteroatoms. The van der Waals surface area contributed by atoms with Crippen molar-refractivity contribution in [3.8, 4) is 0 Å². The zero-order valence-electron chi connectivity index (χ0n) is 17.5. The molecule has 0 unspecified atom stereocenters. The van der Waals surface area contributed by atoms with Gasteiger partial charge in [-0.2, -0.15) is 4.98 Å². The maximum absolute atomic E-state index is 5.42. The molecule has 1 N–H and O–H groups in total. The molecule has 2 aromatic rings. The highest BCUT2D eigenvalue weighted by Crippen LogP contribution is 2.25. The third kappa shape index (κ3) is 5.90. The van der Waals surface area contributed by atoms with Crippen molar-refractivity contribution in [3.63, 3.8) is 0 Å². The van der Waals surface area contributed by atoms with Crippen LogP contribution in [0, 0.1) is 12.8 Å². The Balaban J connectivity index is 1.28. The molecule has 0 aliphatic carbocycles. The number of morpholine rings is 1. The summed E-state index contributed by atoms with van der Waals surface area (Å²) < 4.78 is 5.42. The molecule has 2 aliphatic heterocycles. The third-order valence-corrected chi connectivity index (χ3v) is 5.94. The van der Waals surface area contributed by atoms with E-state index in [0.717, 1.165) is 75.9 Å². The van der Waals surface area contributed by atoms with Gasteiger partial charge in [-0.15, -0.1) is 0 Å². The number of nitrogens with zero attached hydrogens (tertiary/aromatic N) is 4. The standard InChI is InChI=1S/C23H33N5O/c1-19-17-22(24-9-12-27-13-15-29-16-14-27)26-23(25-19)28-10-7-21(8-11-28)18-20-5-3-2-4-6-20/h2-6,17,21H,7-16,18H2,1H3,(H,24,25,26). The summed E-state index contributed by atoms with van der Waals surface area (Å²) in [5, 5.41) is 3.49. The Hall–Kier alpha value is -2.18. The molecule has 0 atom stereocenters. The predicted octanol–water partition coefficient (Wildman–Crippen LogP) is 2.99. The molecule has 0 spiro atoms. The first-order valence-corrected chi connectivity index (χ1v) is 10.9. The fourth-order valence-electron chi connectivity index (χ4n) is 4.24. The highest BCUT2D eigenvalue weighted by Gasteiger charge is 2.22. The van der Waals surface area contributed by atoms with E-state index in [1.165, 1.54) is 24.8 Å². The van der Waals surface area contributed by atoms with Gasteiger partial charge in [0.2, 0.25) is 5.95 Å². The van der Waals surface area contributed by atoms with Gasteiger partial charge in [0.05, 0.1) is 13.2 Å². The van der Waals surface area contributed by atoms with Gasteiger partial charge in [0.15, 0.2) is 0 Å². The minimum atomic E-state index is 0.754. The van der Waals surface area contributed by atoms with E-state index >= 15 is 0 Å². The van der Waals surface area contributed by atoms with Gasteiger partial charge in [0, 0.05) is 51.0 Å². The van der Waals surface area contributed by atoms with Crippen molar-refractivity contribution < 1.29 is 4.74 Å². The minimum Gasteiger partial charge on any atom is -0.379 e. The van der Waals surface area contributed by atoms with E-state index in [4.69, 9.17) is 14.7 Å². The van der Waals surface area contributed by atoms with Crippen LogP contribution in [0.1, 0.15) is 24.1 Å². The van der Waals surface area contributed by atoms with E-state index in [9.17, 15) is 0 Å². The number of piperidine rings is 1. The molecule has 0 radical (unpaired) electrons. The number of ether oxygens (including phenoxy) is 1. The molecule has 6 nitrogen and oxygen atoms in total. The van der Waals surface area contributed by atoms with E-state index in [1.807, 2.05) is 6.07 Å². The second kappa shape index (κ2) is 10.0. The summed E-state index contributed by atoms with van der Waals surface area (Å²) >= 11 is 0. The quantitative estimate of drug-likeness (QED) is 0.778. The zero-order chi connectivity index (χ0) is 19.9. The van der Waals surface area contributed by atoms with Crippen LogP contribution >= 0.6 is 0 Å². The minimum absolute atomic E-state index is 0.754. The molecular weight excluding hydrogens is 362 g/mol. The normalized spacial score (nSPS) is 18.7. The van der Waals surface area contributed by atoms with Gasteiger partial charge in [0.25, 0.3) is 0 Å². The molecule has 2 aliphatic rings. The molecule has 2 fully saturated rings. The third-order valence-electron chi connectivity index (χ3n) is 5.94. The van der Waals surface area contributed by atoms with Crippen molar-refractivity contribution in [1.82, 2.24) is 14.9 Å². The number of anilines is 2. The highest BCUT2D eigenvalue weighted by atomic mass is 16.5. The fourth-order valence-corrected chi connectivity index (χ4v) is 4.24. The molecule has 0 amide bonds. The van der Waals surface area contributed by atoms with Crippen LogP contribution in [-0.2, 0) is 11.2 Å². The molecular formula is C23H33N5O. The first-order valence-electron chi connectivity index (χ1n) is 10.9.